The molecule has 1 amide bonds. The molecule has 1 aliphatic rings. The first kappa shape index (κ1) is 18.2. The van der Waals surface area contributed by atoms with E-state index in [1.807, 2.05) is 37.4 Å². The monoisotopic (exact) mass is 377 g/mol. The highest BCUT2D eigenvalue weighted by atomic mass is 16.5. The summed E-state index contributed by atoms with van der Waals surface area (Å²) in [5.74, 6) is 0.709. The predicted molar refractivity (Wildman–Crippen MR) is 109 cm³/mol. The molecule has 1 aliphatic heterocycles. The number of piperidine rings is 1. The average molecular weight is 377 g/mol. The maximum Gasteiger partial charge on any atom is 0.227 e. The third-order valence-electron chi connectivity index (χ3n) is 5.15. The van der Waals surface area contributed by atoms with Crippen LogP contribution in [-0.4, -0.2) is 41.1 Å². The Labute approximate surface area is 163 Å². The molecule has 0 bridgehead atoms. The molecule has 3 aromatic rings. The number of nitrogens with zero attached hydrogens (tertiary/aromatic N) is 4. The third-order valence-corrected chi connectivity index (χ3v) is 5.15. The molecule has 144 valence electrons. The minimum absolute atomic E-state index is 0.0188. The summed E-state index contributed by atoms with van der Waals surface area (Å²) >= 11 is 0. The van der Waals surface area contributed by atoms with E-state index in [0.29, 0.717) is 11.4 Å². The number of ether oxygens (including phenoxy) is 1. The number of hydrogen-bond acceptors (Lipinski definition) is 6. The van der Waals surface area contributed by atoms with E-state index in [0.717, 1.165) is 48.4 Å². The fourth-order valence-electron chi connectivity index (χ4n) is 3.57. The lowest BCUT2D eigenvalue weighted by molar-refractivity contribution is -0.120. The number of hydrogen-bond donors (Lipinski definition) is 1. The largest absolute Gasteiger partial charge is 0.495 e. The number of rotatable bonds is 4. The molecule has 0 saturated carbocycles. The maximum atomic E-state index is 12.7. The number of amides is 1. The van der Waals surface area contributed by atoms with Crippen LogP contribution in [0, 0.1) is 12.8 Å². The van der Waals surface area contributed by atoms with E-state index in [1.165, 1.54) is 0 Å². The molecular formula is C21H23N5O2. The second-order valence-corrected chi connectivity index (χ2v) is 7.05. The van der Waals surface area contributed by atoms with Gasteiger partial charge >= 0.3 is 0 Å². The quantitative estimate of drug-likeness (QED) is 0.752. The second kappa shape index (κ2) is 7.80. The smallest absolute Gasteiger partial charge is 0.227 e. The average Bonchev–Trinajstić information content (AvgIpc) is 2.73. The Morgan fingerprint density at radius 2 is 1.93 bits per heavy atom. The summed E-state index contributed by atoms with van der Waals surface area (Å²) in [5.41, 5.74) is 4.26. The van der Waals surface area contributed by atoms with Crippen molar-refractivity contribution >= 4 is 28.4 Å². The minimum Gasteiger partial charge on any atom is -0.495 e. The highest BCUT2D eigenvalue weighted by Crippen LogP contribution is 2.28. The highest BCUT2D eigenvalue weighted by molar-refractivity contribution is 5.94. The standard InChI is InChI=1S/C21H23N5O2/c1-14-3-4-19(28-2)17(11-14)25-21(27)15-5-9-26(10-6-15)16-12-18-20(24-13-16)23-8-7-22-18/h3-4,7-8,11-13,15H,5-6,9-10H2,1-2H3,(H,25,27). The van der Waals surface area contributed by atoms with Crippen molar-refractivity contribution in [3.05, 3.63) is 48.4 Å². The SMILES string of the molecule is COc1ccc(C)cc1NC(=O)C1CCN(c2cnc3nccnc3c2)CC1. The van der Waals surface area contributed by atoms with Crippen molar-refractivity contribution < 1.29 is 9.53 Å². The van der Waals surface area contributed by atoms with Crippen molar-refractivity contribution in [2.75, 3.05) is 30.4 Å². The number of carbonyl (C=O) groups excluding carboxylic acids is 1. The molecule has 0 unspecified atom stereocenters. The first-order valence-electron chi connectivity index (χ1n) is 9.41. The Kier molecular flexibility index (Phi) is 5.06. The molecule has 1 saturated heterocycles. The first-order chi connectivity index (χ1) is 13.6. The molecule has 1 N–H and O–H groups in total. The Balaban J connectivity index is 1.40. The number of anilines is 2. The van der Waals surface area contributed by atoms with Crippen molar-refractivity contribution in [3.8, 4) is 5.75 Å². The lowest BCUT2D eigenvalue weighted by atomic mass is 9.95. The Hall–Kier alpha value is -3.22. The third kappa shape index (κ3) is 3.74. The molecule has 0 aliphatic carbocycles. The van der Waals surface area contributed by atoms with Gasteiger partial charge in [-0.3, -0.25) is 9.78 Å². The van der Waals surface area contributed by atoms with Crippen LogP contribution in [0.2, 0.25) is 0 Å². The number of aromatic nitrogens is 3. The first-order valence-corrected chi connectivity index (χ1v) is 9.41. The lowest BCUT2D eigenvalue weighted by Crippen LogP contribution is -2.38. The van der Waals surface area contributed by atoms with Crippen LogP contribution in [0.25, 0.3) is 11.2 Å². The number of nitrogens with one attached hydrogen (secondary N) is 1. The molecule has 2 aromatic heterocycles. The summed E-state index contributed by atoms with van der Waals surface area (Å²) in [6.07, 6.45) is 6.72. The summed E-state index contributed by atoms with van der Waals surface area (Å²) in [6.45, 7) is 3.60. The Morgan fingerprint density at radius 1 is 1.14 bits per heavy atom. The number of fused-ring (bicyclic) bond motifs is 1. The van der Waals surface area contributed by atoms with E-state index in [4.69, 9.17) is 4.74 Å². The van der Waals surface area contributed by atoms with Crippen LogP contribution >= 0.6 is 0 Å². The predicted octanol–water partition coefficient (Wildman–Crippen LogP) is 3.20. The lowest BCUT2D eigenvalue weighted by Gasteiger charge is -2.32. The van der Waals surface area contributed by atoms with Crippen LogP contribution < -0.4 is 15.0 Å². The summed E-state index contributed by atoms with van der Waals surface area (Å²) in [7, 11) is 1.61. The molecule has 7 heteroatoms. The van der Waals surface area contributed by atoms with Gasteiger partial charge in [0.15, 0.2) is 5.65 Å². The molecule has 0 spiro atoms. The van der Waals surface area contributed by atoms with Gasteiger partial charge < -0.3 is 15.0 Å². The van der Waals surface area contributed by atoms with Crippen LogP contribution in [0.4, 0.5) is 11.4 Å². The van der Waals surface area contributed by atoms with E-state index >= 15 is 0 Å². The zero-order valence-corrected chi connectivity index (χ0v) is 16.1. The molecule has 1 fully saturated rings. The molecule has 0 radical (unpaired) electrons. The fraction of sp³-hybridized carbons (Fsp3) is 0.333. The zero-order valence-electron chi connectivity index (χ0n) is 16.1. The van der Waals surface area contributed by atoms with Crippen LogP contribution in [-0.2, 0) is 4.79 Å². The van der Waals surface area contributed by atoms with Gasteiger partial charge in [-0.1, -0.05) is 6.07 Å². The highest BCUT2D eigenvalue weighted by Gasteiger charge is 2.26. The van der Waals surface area contributed by atoms with Crippen LogP contribution in [0.1, 0.15) is 18.4 Å². The van der Waals surface area contributed by atoms with E-state index in [1.54, 1.807) is 19.5 Å². The molecule has 1 aromatic carbocycles. The van der Waals surface area contributed by atoms with Crippen molar-refractivity contribution in [1.29, 1.82) is 0 Å². The second-order valence-electron chi connectivity index (χ2n) is 7.05. The van der Waals surface area contributed by atoms with Gasteiger partial charge in [-0.15, -0.1) is 0 Å². The van der Waals surface area contributed by atoms with Gasteiger partial charge in [0.1, 0.15) is 11.3 Å². The van der Waals surface area contributed by atoms with Gasteiger partial charge in [-0.05, 0) is 43.5 Å². The van der Waals surface area contributed by atoms with E-state index < -0.39 is 0 Å². The number of methoxy groups -OCH3 is 1. The van der Waals surface area contributed by atoms with E-state index in [-0.39, 0.29) is 11.8 Å². The normalized spacial score (nSPS) is 14.9. The number of pyridine rings is 1. The summed E-state index contributed by atoms with van der Waals surface area (Å²) < 4.78 is 5.36. The van der Waals surface area contributed by atoms with E-state index in [2.05, 4.69) is 25.2 Å². The van der Waals surface area contributed by atoms with Crippen molar-refractivity contribution in [3.63, 3.8) is 0 Å². The Morgan fingerprint density at radius 3 is 2.71 bits per heavy atom. The minimum atomic E-state index is -0.0188. The molecular weight excluding hydrogens is 354 g/mol. The van der Waals surface area contributed by atoms with Crippen LogP contribution in [0.15, 0.2) is 42.9 Å². The van der Waals surface area contributed by atoms with Crippen molar-refractivity contribution in [2.45, 2.75) is 19.8 Å². The summed E-state index contributed by atoms with van der Waals surface area (Å²) in [5, 5.41) is 3.04. The van der Waals surface area contributed by atoms with Gasteiger partial charge in [-0.2, -0.15) is 0 Å². The topological polar surface area (TPSA) is 80.2 Å². The van der Waals surface area contributed by atoms with Crippen LogP contribution in [0.5, 0.6) is 5.75 Å². The van der Waals surface area contributed by atoms with Gasteiger partial charge in [0.05, 0.1) is 24.7 Å². The number of benzene rings is 1. The fourth-order valence-corrected chi connectivity index (χ4v) is 3.57. The molecule has 7 nitrogen and oxygen atoms in total. The Bertz CT molecular complexity index is 999. The van der Waals surface area contributed by atoms with Crippen LogP contribution in [0.3, 0.4) is 0 Å². The van der Waals surface area contributed by atoms with Gasteiger partial charge in [0.2, 0.25) is 5.91 Å². The molecule has 4 rings (SSSR count). The van der Waals surface area contributed by atoms with Crippen molar-refractivity contribution in [2.24, 2.45) is 5.92 Å². The van der Waals surface area contributed by atoms with Crippen molar-refractivity contribution in [1.82, 2.24) is 15.0 Å². The number of carbonyl (C=O) groups is 1. The maximum absolute atomic E-state index is 12.7. The van der Waals surface area contributed by atoms with Gasteiger partial charge in [0, 0.05) is 31.4 Å². The summed E-state index contributed by atoms with van der Waals surface area (Å²) in [4.78, 5) is 27.9. The molecule has 3 heterocycles. The van der Waals surface area contributed by atoms with E-state index in [9.17, 15) is 4.79 Å². The number of aryl methyl sites for hydroxylation is 1. The molecule has 28 heavy (non-hydrogen) atoms. The summed E-state index contributed by atoms with van der Waals surface area (Å²) in [6, 6.07) is 7.79. The molecule has 0 atom stereocenters. The van der Waals surface area contributed by atoms with Gasteiger partial charge in [-0.25, -0.2) is 9.97 Å². The zero-order chi connectivity index (χ0) is 19.5. The van der Waals surface area contributed by atoms with Gasteiger partial charge in [0.25, 0.3) is 0 Å².